The number of aryl methyl sites for hydroxylation is 1. The normalized spacial score (nSPS) is 14.4. The first-order valence-electron chi connectivity index (χ1n) is 9.31. The van der Waals surface area contributed by atoms with Crippen molar-refractivity contribution in [3.05, 3.63) is 45.8 Å². The maximum absolute atomic E-state index is 12.7. The Kier molecular flexibility index (Phi) is 5.90. The van der Waals surface area contributed by atoms with Gasteiger partial charge in [-0.15, -0.1) is 11.3 Å². The van der Waals surface area contributed by atoms with Crippen molar-refractivity contribution in [2.45, 2.75) is 56.1 Å². The lowest BCUT2D eigenvalue weighted by Crippen LogP contribution is -2.18. The van der Waals surface area contributed by atoms with E-state index in [2.05, 4.69) is 5.32 Å². The van der Waals surface area contributed by atoms with Crippen LogP contribution in [0.15, 0.2) is 29.2 Å². The summed E-state index contributed by atoms with van der Waals surface area (Å²) >= 11 is 1.41. The summed E-state index contributed by atoms with van der Waals surface area (Å²) in [6.45, 7) is 3.23. The van der Waals surface area contributed by atoms with E-state index in [1.54, 1.807) is 13.8 Å². The molecular weight excluding hydrogens is 396 g/mol. The Labute approximate surface area is 169 Å². The van der Waals surface area contributed by atoms with Crippen LogP contribution in [0, 0.1) is 0 Å². The van der Waals surface area contributed by atoms with Crippen LogP contribution in [-0.4, -0.2) is 25.5 Å². The van der Waals surface area contributed by atoms with Crippen LogP contribution in [0.3, 0.4) is 0 Å². The minimum absolute atomic E-state index is 0.180. The summed E-state index contributed by atoms with van der Waals surface area (Å²) in [7, 11) is -3.39. The average Bonchev–Trinajstić information content (AvgIpc) is 2.82. The Hall–Kier alpha value is -2.19. The van der Waals surface area contributed by atoms with Crippen LogP contribution < -0.4 is 11.1 Å². The minimum Gasteiger partial charge on any atom is -0.365 e. The molecule has 0 spiro atoms. The molecular formula is C20H24N2O4S2. The fourth-order valence-electron chi connectivity index (χ4n) is 3.33. The summed E-state index contributed by atoms with van der Waals surface area (Å²) < 4.78 is 24.4. The molecule has 3 N–H and O–H groups in total. The molecule has 1 aromatic carbocycles. The van der Waals surface area contributed by atoms with E-state index < -0.39 is 26.9 Å². The number of anilines is 1. The first-order valence-corrected chi connectivity index (χ1v) is 11.7. The molecule has 0 saturated heterocycles. The predicted molar refractivity (Wildman–Crippen MR) is 111 cm³/mol. The van der Waals surface area contributed by atoms with Crippen LogP contribution >= 0.6 is 11.3 Å². The number of rotatable bonds is 5. The van der Waals surface area contributed by atoms with Crippen LogP contribution in [0.5, 0.6) is 0 Å². The maximum Gasteiger partial charge on any atom is 0.256 e. The number of nitrogens with two attached hydrogens (primary N) is 1. The van der Waals surface area contributed by atoms with E-state index in [1.165, 1.54) is 35.6 Å². The van der Waals surface area contributed by atoms with Crippen molar-refractivity contribution in [2.75, 3.05) is 5.32 Å². The zero-order valence-electron chi connectivity index (χ0n) is 15.9. The largest absolute Gasteiger partial charge is 0.365 e. The molecule has 150 valence electrons. The SMILES string of the molecule is CC(C)S(=O)(=O)c1ccc(C(=O)Nc2sc3c(c2C(N)=O)CCCCC3)cc1. The molecule has 28 heavy (non-hydrogen) atoms. The standard InChI is InChI=1S/C20H24N2O4S2/c1-12(2)28(25,26)14-10-8-13(9-11-14)19(24)22-20-17(18(21)23)15-6-4-3-5-7-16(15)27-20/h8-12H,3-7H2,1-2H3,(H2,21,23)(H,22,24). The zero-order chi connectivity index (χ0) is 20.5. The number of thiophene rings is 1. The number of benzene rings is 1. The van der Waals surface area contributed by atoms with Gasteiger partial charge < -0.3 is 11.1 Å². The molecule has 2 aromatic rings. The van der Waals surface area contributed by atoms with Crippen LogP contribution in [0.25, 0.3) is 0 Å². The smallest absolute Gasteiger partial charge is 0.256 e. The summed E-state index contributed by atoms with van der Waals surface area (Å²) in [6.07, 6.45) is 4.86. The fraction of sp³-hybridized carbons (Fsp3) is 0.400. The van der Waals surface area contributed by atoms with Crippen molar-refractivity contribution >= 4 is 38.0 Å². The number of hydrogen-bond donors (Lipinski definition) is 2. The number of sulfone groups is 1. The van der Waals surface area contributed by atoms with E-state index >= 15 is 0 Å². The molecule has 3 rings (SSSR count). The highest BCUT2D eigenvalue weighted by atomic mass is 32.2. The van der Waals surface area contributed by atoms with Gasteiger partial charge in [-0.2, -0.15) is 0 Å². The molecule has 0 unspecified atom stereocenters. The molecule has 0 radical (unpaired) electrons. The van der Waals surface area contributed by atoms with Gasteiger partial charge in [-0.3, -0.25) is 9.59 Å². The molecule has 1 aliphatic carbocycles. The van der Waals surface area contributed by atoms with Crippen LogP contribution in [0.2, 0.25) is 0 Å². The molecule has 1 aliphatic rings. The highest BCUT2D eigenvalue weighted by molar-refractivity contribution is 7.92. The average molecular weight is 421 g/mol. The third-order valence-corrected chi connectivity index (χ3v) is 8.34. The van der Waals surface area contributed by atoms with Gasteiger partial charge in [0.1, 0.15) is 5.00 Å². The summed E-state index contributed by atoms with van der Waals surface area (Å²) in [4.78, 5) is 26.0. The molecule has 1 aromatic heterocycles. The summed E-state index contributed by atoms with van der Waals surface area (Å²) in [5.41, 5.74) is 7.29. The monoisotopic (exact) mass is 420 g/mol. The second kappa shape index (κ2) is 8.05. The summed E-state index contributed by atoms with van der Waals surface area (Å²) in [5, 5.41) is 2.74. The molecule has 0 bridgehead atoms. The van der Waals surface area contributed by atoms with Crippen LogP contribution in [0.4, 0.5) is 5.00 Å². The third kappa shape index (κ3) is 3.98. The number of amides is 2. The number of nitrogens with one attached hydrogen (secondary N) is 1. The van der Waals surface area contributed by atoms with Gasteiger partial charge in [0, 0.05) is 10.4 Å². The Morgan fingerprint density at radius 2 is 1.71 bits per heavy atom. The topological polar surface area (TPSA) is 106 Å². The van der Waals surface area contributed by atoms with Crippen LogP contribution in [0.1, 0.15) is 64.3 Å². The van der Waals surface area contributed by atoms with Crippen LogP contribution in [-0.2, 0) is 22.7 Å². The van der Waals surface area contributed by atoms with E-state index in [-0.39, 0.29) is 4.90 Å². The highest BCUT2D eigenvalue weighted by Crippen LogP contribution is 2.37. The zero-order valence-corrected chi connectivity index (χ0v) is 17.6. The number of primary amides is 1. The third-order valence-electron chi connectivity index (χ3n) is 4.96. The molecule has 8 heteroatoms. The van der Waals surface area contributed by atoms with Gasteiger partial charge in [-0.05, 0) is 69.4 Å². The van der Waals surface area contributed by atoms with Gasteiger partial charge in [0.15, 0.2) is 9.84 Å². The predicted octanol–water partition coefficient (Wildman–Crippen LogP) is 3.55. The Morgan fingerprint density at radius 1 is 1.07 bits per heavy atom. The van der Waals surface area contributed by atoms with Gasteiger partial charge in [-0.1, -0.05) is 6.42 Å². The van der Waals surface area contributed by atoms with Crippen molar-refractivity contribution in [1.29, 1.82) is 0 Å². The van der Waals surface area contributed by atoms with Crippen molar-refractivity contribution in [3.63, 3.8) is 0 Å². The fourth-order valence-corrected chi connectivity index (χ4v) is 5.68. The number of carbonyl (C=O) groups excluding carboxylic acids is 2. The van der Waals surface area contributed by atoms with Gasteiger partial charge >= 0.3 is 0 Å². The second-order valence-electron chi connectivity index (χ2n) is 7.21. The summed E-state index contributed by atoms with van der Waals surface area (Å²) in [5.74, 6) is -0.930. The quantitative estimate of drug-likeness (QED) is 0.721. The minimum atomic E-state index is -3.39. The molecule has 2 amide bonds. The number of fused-ring (bicyclic) bond motifs is 1. The number of hydrogen-bond acceptors (Lipinski definition) is 5. The van der Waals surface area contributed by atoms with E-state index in [1.807, 2.05) is 0 Å². The first kappa shape index (κ1) is 20.5. The Morgan fingerprint density at radius 3 is 2.32 bits per heavy atom. The van der Waals surface area contributed by atoms with Gasteiger partial charge in [-0.25, -0.2) is 8.42 Å². The molecule has 6 nitrogen and oxygen atoms in total. The van der Waals surface area contributed by atoms with Crippen molar-refractivity contribution in [2.24, 2.45) is 5.73 Å². The highest BCUT2D eigenvalue weighted by Gasteiger charge is 2.25. The maximum atomic E-state index is 12.7. The van der Waals surface area contributed by atoms with Gasteiger partial charge in [0.2, 0.25) is 0 Å². The summed E-state index contributed by atoms with van der Waals surface area (Å²) in [6, 6.07) is 5.83. The van der Waals surface area contributed by atoms with Crippen molar-refractivity contribution in [1.82, 2.24) is 0 Å². The lowest BCUT2D eigenvalue weighted by Gasteiger charge is -2.09. The second-order valence-corrected chi connectivity index (χ2v) is 10.8. The van der Waals surface area contributed by atoms with Crippen molar-refractivity contribution < 1.29 is 18.0 Å². The van der Waals surface area contributed by atoms with Crippen molar-refractivity contribution in [3.8, 4) is 0 Å². The van der Waals surface area contributed by atoms with E-state index in [9.17, 15) is 18.0 Å². The first-order chi connectivity index (χ1) is 13.2. The van der Waals surface area contributed by atoms with E-state index in [4.69, 9.17) is 5.73 Å². The molecule has 1 heterocycles. The lowest BCUT2D eigenvalue weighted by molar-refractivity contribution is 0.100. The van der Waals surface area contributed by atoms with E-state index in [0.717, 1.165) is 42.5 Å². The Bertz CT molecular complexity index is 1010. The molecule has 0 saturated carbocycles. The molecule has 0 fully saturated rings. The lowest BCUT2D eigenvalue weighted by atomic mass is 10.1. The van der Waals surface area contributed by atoms with E-state index in [0.29, 0.717) is 16.1 Å². The van der Waals surface area contributed by atoms with Gasteiger partial charge in [0.25, 0.3) is 11.8 Å². The molecule has 0 atom stereocenters. The number of carbonyl (C=O) groups is 2. The molecule has 0 aliphatic heterocycles. The Balaban J connectivity index is 1.87. The van der Waals surface area contributed by atoms with Gasteiger partial charge in [0.05, 0.1) is 15.7 Å².